The SMILES string of the molecule is CC(C)C[C@H](NC(=O)[C@H](CCCN=C(N)N)NC(=O)[C@@H](NC(=O)[C@H](Cc1ccc(N)cc1)NCc1ccc2ccccc2c1)C1CCCCC1)C(=O)N1CCC[C@H]1C(N)=O. The van der Waals surface area contributed by atoms with Crippen molar-refractivity contribution in [1.29, 1.82) is 0 Å². The predicted molar refractivity (Wildman–Crippen MR) is 235 cm³/mol. The van der Waals surface area contributed by atoms with Crippen LogP contribution in [-0.2, 0) is 36.9 Å². The van der Waals surface area contributed by atoms with Crippen molar-refractivity contribution in [2.75, 3.05) is 18.8 Å². The van der Waals surface area contributed by atoms with E-state index in [0.29, 0.717) is 50.9 Å². The van der Waals surface area contributed by atoms with E-state index in [-0.39, 0.29) is 42.6 Å². The van der Waals surface area contributed by atoms with Crippen LogP contribution < -0.4 is 44.2 Å². The molecule has 324 valence electrons. The van der Waals surface area contributed by atoms with Crippen LogP contribution in [0, 0.1) is 11.8 Å². The molecule has 1 saturated heterocycles. The highest BCUT2D eigenvalue weighted by atomic mass is 16.2. The van der Waals surface area contributed by atoms with Gasteiger partial charge in [0.2, 0.25) is 29.5 Å². The first-order chi connectivity index (χ1) is 28.8. The Morgan fingerprint density at radius 2 is 1.42 bits per heavy atom. The lowest BCUT2D eigenvalue weighted by Gasteiger charge is -2.33. The van der Waals surface area contributed by atoms with Gasteiger partial charge in [-0.2, -0.15) is 0 Å². The van der Waals surface area contributed by atoms with Crippen molar-refractivity contribution in [2.24, 2.45) is 34.0 Å². The van der Waals surface area contributed by atoms with E-state index >= 15 is 0 Å². The molecule has 12 N–H and O–H groups in total. The summed E-state index contributed by atoms with van der Waals surface area (Å²) in [5.74, 6) is -2.61. The molecular weight excluding hydrogens is 761 g/mol. The number of carbonyl (C=O) groups excluding carboxylic acids is 5. The molecule has 1 saturated carbocycles. The van der Waals surface area contributed by atoms with Crippen LogP contribution in [0.15, 0.2) is 71.7 Å². The van der Waals surface area contributed by atoms with Crippen molar-refractivity contribution in [3.8, 4) is 0 Å². The molecule has 0 unspecified atom stereocenters. The van der Waals surface area contributed by atoms with Crippen LogP contribution >= 0.6 is 0 Å². The van der Waals surface area contributed by atoms with E-state index in [0.717, 1.165) is 54.0 Å². The summed E-state index contributed by atoms with van der Waals surface area (Å²) < 4.78 is 0. The Balaban J connectivity index is 1.38. The maximum Gasteiger partial charge on any atom is 0.245 e. The van der Waals surface area contributed by atoms with Gasteiger partial charge in [0.25, 0.3) is 0 Å². The topological polar surface area (TPSA) is 253 Å². The van der Waals surface area contributed by atoms with Crippen LogP contribution in [0.4, 0.5) is 5.69 Å². The Labute approximate surface area is 353 Å². The fourth-order valence-electron chi connectivity index (χ4n) is 8.38. The number of rotatable bonds is 20. The van der Waals surface area contributed by atoms with Crippen LogP contribution in [0.3, 0.4) is 0 Å². The summed E-state index contributed by atoms with van der Waals surface area (Å²) in [4.78, 5) is 74.8. The minimum atomic E-state index is -1.08. The zero-order valence-electron chi connectivity index (χ0n) is 35.0. The summed E-state index contributed by atoms with van der Waals surface area (Å²) in [7, 11) is 0. The van der Waals surface area contributed by atoms with E-state index in [1.807, 2.05) is 44.2 Å². The molecule has 0 aromatic heterocycles. The molecule has 0 bridgehead atoms. The lowest BCUT2D eigenvalue weighted by Crippen LogP contribution is -2.60. The minimum Gasteiger partial charge on any atom is -0.399 e. The first-order valence-corrected chi connectivity index (χ1v) is 21.4. The van der Waals surface area contributed by atoms with Crippen molar-refractivity contribution in [3.63, 3.8) is 0 Å². The second-order valence-electron chi connectivity index (χ2n) is 16.7. The van der Waals surface area contributed by atoms with E-state index in [2.05, 4.69) is 50.5 Å². The summed E-state index contributed by atoms with van der Waals surface area (Å²) in [6.07, 6.45) is 6.54. The normalized spacial score (nSPS) is 17.6. The number of anilines is 1. The van der Waals surface area contributed by atoms with Gasteiger partial charge in [-0.1, -0.05) is 81.6 Å². The van der Waals surface area contributed by atoms with Gasteiger partial charge < -0.3 is 49.1 Å². The largest absolute Gasteiger partial charge is 0.399 e. The molecule has 15 heteroatoms. The average molecular weight is 825 g/mol. The van der Waals surface area contributed by atoms with Crippen molar-refractivity contribution >= 4 is 52.0 Å². The molecule has 0 spiro atoms. The number of nitrogen functional groups attached to an aromatic ring is 1. The molecule has 1 aliphatic heterocycles. The Morgan fingerprint density at radius 1 is 0.750 bits per heavy atom. The van der Waals surface area contributed by atoms with Gasteiger partial charge in [0.1, 0.15) is 24.2 Å². The van der Waals surface area contributed by atoms with E-state index in [9.17, 15) is 24.0 Å². The fraction of sp³-hybridized carbons (Fsp3) is 0.511. The van der Waals surface area contributed by atoms with Gasteiger partial charge in [-0.25, -0.2) is 0 Å². The number of hydrogen-bond acceptors (Lipinski definition) is 8. The van der Waals surface area contributed by atoms with Gasteiger partial charge in [-0.05, 0) is 103 Å². The van der Waals surface area contributed by atoms with Crippen molar-refractivity contribution in [1.82, 2.24) is 26.2 Å². The quantitative estimate of drug-likeness (QED) is 0.0361. The Morgan fingerprint density at radius 3 is 2.10 bits per heavy atom. The summed E-state index contributed by atoms with van der Waals surface area (Å²) >= 11 is 0. The highest BCUT2D eigenvalue weighted by Gasteiger charge is 2.39. The van der Waals surface area contributed by atoms with E-state index in [1.54, 1.807) is 12.1 Å². The number of fused-ring (bicyclic) bond motifs is 1. The molecule has 60 heavy (non-hydrogen) atoms. The number of carbonyl (C=O) groups is 5. The molecule has 1 heterocycles. The number of primary amides is 1. The number of benzene rings is 3. The maximum atomic E-state index is 14.5. The van der Waals surface area contributed by atoms with Gasteiger partial charge in [-0.3, -0.25) is 29.0 Å². The molecule has 3 aromatic rings. The summed E-state index contributed by atoms with van der Waals surface area (Å²) in [5.41, 5.74) is 25.3. The van der Waals surface area contributed by atoms with Gasteiger partial charge in [-0.15, -0.1) is 0 Å². The van der Waals surface area contributed by atoms with E-state index in [4.69, 9.17) is 22.9 Å². The number of guanidine groups is 1. The number of hydrogen-bond donors (Lipinski definition) is 8. The molecular formula is C45H64N10O5. The summed E-state index contributed by atoms with van der Waals surface area (Å²) in [6.45, 7) is 4.85. The van der Waals surface area contributed by atoms with Gasteiger partial charge in [0.15, 0.2) is 5.96 Å². The summed E-state index contributed by atoms with van der Waals surface area (Å²) in [5, 5.41) is 14.6. The fourth-order valence-corrected chi connectivity index (χ4v) is 8.38. The van der Waals surface area contributed by atoms with Crippen molar-refractivity contribution in [3.05, 3.63) is 77.9 Å². The van der Waals surface area contributed by atoms with Crippen LogP contribution in [0.2, 0.25) is 0 Å². The van der Waals surface area contributed by atoms with Crippen LogP contribution in [-0.4, -0.2) is 83.7 Å². The van der Waals surface area contributed by atoms with Crippen LogP contribution in [0.5, 0.6) is 0 Å². The second-order valence-corrected chi connectivity index (χ2v) is 16.7. The third-order valence-corrected chi connectivity index (χ3v) is 11.6. The molecule has 0 radical (unpaired) electrons. The van der Waals surface area contributed by atoms with Crippen LogP contribution in [0.1, 0.15) is 89.2 Å². The third-order valence-electron chi connectivity index (χ3n) is 11.6. The monoisotopic (exact) mass is 825 g/mol. The Kier molecular flexibility index (Phi) is 16.7. The Hall–Kier alpha value is -5.70. The molecule has 5 rings (SSSR count). The smallest absolute Gasteiger partial charge is 0.245 e. The first-order valence-electron chi connectivity index (χ1n) is 21.4. The molecule has 5 atom stereocenters. The second kappa shape index (κ2) is 22.1. The highest BCUT2D eigenvalue weighted by molar-refractivity contribution is 5.96. The van der Waals surface area contributed by atoms with Crippen molar-refractivity contribution < 1.29 is 24.0 Å². The first kappa shape index (κ1) is 45.4. The number of amides is 5. The number of likely N-dealkylation sites (tertiary alicyclic amines) is 1. The van der Waals surface area contributed by atoms with Crippen molar-refractivity contribution in [2.45, 2.75) is 121 Å². The van der Waals surface area contributed by atoms with Crippen LogP contribution in [0.25, 0.3) is 10.8 Å². The molecule has 5 amide bonds. The van der Waals surface area contributed by atoms with E-state index in [1.165, 1.54) is 4.90 Å². The number of nitrogens with two attached hydrogens (primary N) is 4. The molecule has 15 nitrogen and oxygen atoms in total. The zero-order chi connectivity index (χ0) is 43.2. The van der Waals surface area contributed by atoms with Gasteiger partial charge in [0.05, 0.1) is 6.04 Å². The lowest BCUT2D eigenvalue weighted by atomic mass is 9.83. The standard InChI is InChI=1S/C45H64N10O5/c1-28(2)24-37(44(60)55-23-9-15-38(55)40(47)56)53-41(57)35(14-8-22-50-45(48)49)52-43(59)39(32-11-4-3-5-12-32)54-42(58)36(26-29-17-20-34(46)21-18-29)51-27-30-16-19-31-10-6-7-13-33(31)25-30/h6-7,10,13,16-21,25,28,32,35-39,51H,3-5,8-9,11-12,14-15,22-24,26-27,46H2,1-2H3,(H2,47,56)(H,52,59)(H,53,57)(H,54,58)(H4,48,49,50)/t35-,36-,37-,38-,39-/m0/s1. The molecule has 2 fully saturated rings. The predicted octanol–water partition coefficient (Wildman–Crippen LogP) is 2.73. The molecule has 3 aromatic carbocycles. The highest BCUT2D eigenvalue weighted by Crippen LogP contribution is 2.27. The number of nitrogens with one attached hydrogen (secondary N) is 4. The lowest BCUT2D eigenvalue weighted by molar-refractivity contribution is -0.141. The third kappa shape index (κ3) is 13.2. The van der Waals surface area contributed by atoms with Gasteiger partial charge in [0, 0.05) is 25.3 Å². The Bertz CT molecular complexity index is 1960. The maximum absolute atomic E-state index is 14.5. The average Bonchev–Trinajstić information content (AvgIpc) is 3.73. The summed E-state index contributed by atoms with van der Waals surface area (Å²) in [6, 6.07) is 17.2. The molecule has 2 aliphatic rings. The minimum absolute atomic E-state index is 0.0192. The molecule has 1 aliphatic carbocycles. The van der Waals surface area contributed by atoms with E-state index < -0.39 is 47.9 Å². The number of nitrogens with zero attached hydrogens (tertiary/aromatic N) is 2. The zero-order valence-corrected chi connectivity index (χ0v) is 35.0. The number of aliphatic imine (C=N–C) groups is 1. The van der Waals surface area contributed by atoms with Gasteiger partial charge >= 0.3 is 0 Å².